The Bertz CT molecular complexity index is 465. The monoisotopic (exact) mass is 201 g/mol. The third-order valence-corrected chi connectivity index (χ3v) is 2.49. The van der Waals surface area contributed by atoms with Crippen LogP contribution < -0.4 is 5.73 Å². The summed E-state index contributed by atoms with van der Waals surface area (Å²) in [6, 6.07) is 6.27. The molecule has 1 heterocycles. The Kier molecular flexibility index (Phi) is 2.92. The van der Waals surface area contributed by atoms with E-state index in [2.05, 4.69) is 35.1 Å². The molecule has 2 aromatic rings. The van der Waals surface area contributed by atoms with Crippen LogP contribution in [0.15, 0.2) is 24.5 Å². The Hall–Kier alpha value is -1.48. The lowest BCUT2D eigenvalue weighted by atomic mass is 10.1. The summed E-state index contributed by atoms with van der Waals surface area (Å²) in [5.74, 6) is 0. The second-order valence-electron chi connectivity index (χ2n) is 3.73. The quantitative estimate of drug-likeness (QED) is 0.824. The Labute approximate surface area is 89.4 Å². The number of nitrogens with zero attached hydrogens (tertiary/aromatic N) is 2. The number of hydrogen-bond acceptors (Lipinski definition) is 3. The average Bonchev–Trinajstić information content (AvgIpc) is 2.25. The van der Waals surface area contributed by atoms with E-state index >= 15 is 0 Å². The van der Waals surface area contributed by atoms with Gasteiger partial charge >= 0.3 is 0 Å². The zero-order valence-corrected chi connectivity index (χ0v) is 8.90. The fourth-order valence-corrected chi connectivity index (χ4v) is 1.69. The number of nitrogens with two attached hydrogens (primary N) is 1. The van der Waals surface area contributed by atoms with E-state index in [1.807, 2.05) is 0 Å². The topological polar surface area (TPSA) is 51.8 Å². The summed E-state index contributed by atoms with van der Waals surface area (Å²) < 4.78 is 0. The first-order chi connectivity index (χ1) is 7.31. The number of aryl methyl sites for hydroxylation is 2. The molecule has 2 rings (SSSR count). The highest BCUT2D eigenvalue weighted by Crippen LogP contribution is 2.16. The molecule has 1 aromatic carbocycles. The average molecular weight is 201 g/mol. The molecule has 0 unspecified atom stereocenters. The molecule has 78 valence electrons. The maximum atomic E-state index is 5.50. The smallest absolute Gasteiger partial charge is 0.116 e. The summed E-state index contributed by atoms with van der Waals surface area (Å²) in [6.07, 6.45) is 3.53. The molecular formula is C12H15N3. The van der Waals surface area contributed by atoms with Gasteiger partial charge in [0.15, 0.2) is 0 Å². The molecule has 0 amide bonds. The van der Waals surface area contributed by atoms with E-state index in [0.29, 0.717) is 6.54 Å². The Morgan fingerprint density at radius 1 is 1.27 bits per heavy atom. The highest BCUT2D eigenvalue weighted by Gasteiger charge is 2.02. The number of aromatic nitrogens is 2. The number of fused-ring (bicyclic) bond motifs is 1. The van der Waals surface area contributed by atoms with E-state index in [0.717, 1.165) is 29.4 Å². The molecule has 0 saturated heterocycles. The van der Waals surface area contributed by atoms with Crippen molar-refractivity contribution in [2.45, 2.75) is 19.8 Å². The fourth-order valence-electron chi connectivity index (χ4n) is 1.69. The molecule has 0 radical (unpaired) electrons. The SMILES string of the molecule is Cc1ccc2c(CCCN)ncnc2c1. The molecule has 3 heteroatoms. The molecule has 3 nitrogen and oxygen atoms in total. The minimum Gasteiger partial charge on any atom is -0.330 e. The lowest BCUT2D eigenvalue weighted by Crippen LogP contribution is -2.02. The van der Waals surface area contributed by atoms with E-state index in [1.165, 1.54) is 5.56 Å². The van der Waals surface area contributed by atoms with Crippen LogP contribution in [0.1, 0.15) is 17.7 Å². The van der Waals surface area contributed by atoms with Crippen LogP contribution in [0.25, 0.3) is 10.9 Å². The van der Waals surface area contributed by atoms with Crippen LogP contribution in [0.3, 0.4) is 0 Å². The van der Waals surface area contributed by atoms with Crippen LogP contribution in [-0.4, -0.2) is 16.5 Å². The van der Waals surface area contributed by atoms with Crippen LogP contribution >= 0.6 is 0 Å². The first-order valence-corrected chi connectivity index (χ1v) is 5.21. The summed E-state index contributed by atoms with van der Waals surface area (Å²) >= 11 is 0. The van der Waals surface area contributed by atoms with E-state index in [-0.39, 0.29) is 0 Å². The summed E-state index contributed by atoms with van der Waals surface area (Å²) in [6.45, 7) is 2.78. The molecule has 0 atom stereocenters. The van der Waals surface area contributed by atoms with Crippen LogP contribution in [0.4, 0.5) is 0 Å². The molecule has 0 fully saturated rings. The van der Waals surface area contributed by atoms with Gasteiger partial charge in [0.05, 0.1) is 11.2 Å². The van der Waals surface area contributed by atoms with Crippen molar-refractivity contribution in [3.05, 3.63) is 35.8 Å². The summed E-state index contributed by atoms with van der Waals surface area (Å²) in [5, 5.41) is 1.15. The number of hydrogen-bond donors (Lipinski definition) is 1. The summed E-state index contributed by atoms with van der Waals surface area (Å²) in [5.41, 5.74) is 8.86. The van der Waals surface area contributed by atoms with Crippen molar-refractivity contribution in [3.63, 3.8) is 0 Å². The second kappa shape index (κ2) is 4.36. The predicted octanol–water partition coefficient (Wildman–Crippen LogP) is 1.83. The zero-order chi connectivity index (χ0) is 10.7. The van der Waals surface area contributed by atoms with Gasteiger partial charge in [0, 0.05) is 5.39 Å². The van der Waals surface area contributed by atoms with Gasteiger partial charge in [-0.3, -0.25) is 0 Å². The van der Waals surface area contributed by atoms with Gasteiger partial charge in [-0.25, -0.2) is 9.97 Å². The van der Waals surface area contributed by atoms with E-state index in [9.17, 15) is 0 Å². The first-order valence-electron chi connectivity index (χ1n) is 5.21. The van der Waals surface area contributed by atoms with Crippen molar-refractivity contribution >= 4 is 10.9 Å². The maximum absolute atomic E-state index is 5.50. The molecule has 1 aromatic heterocycles. The minimum atomic E-state index is 0.706. The van der Waals surface area contributed by atoms with Crippen LogP contribution in [0.5, 0.6) is 0 Å². The summed E-state index contributed by atoms with van der Waals surface area (Å²) in [7, 11) is 0. The minimum absolute atomic E-state index is 0.706. The van der Waals surface area contributed by atoms with E-state index in [4.69, 9.17) is 5.73 Å². The van der Waals surface area contributed by atoms with Crippen LogP contribution in [0.2, 0.25) is 0 Å². The molecular weight excluding hydrogens is 186 g/mol. The first kappa shape index (κ1) is 10.1. The molecule has 0 aliphatic carbocycles. The molecule has 0 spiro atoms. The van der Waals surface area contributed by atoms with Gasteiger partial charge in [-0.1, -0.05) is 12.1 Å². The van der Waals surface area contributed by atoms with Gasteiger partial charge in [0.1, 0.15) is 6.33 Å². The van der Waals surface area contributed by atoms with Gasteiger partial charge in [-0.05, 0) is 37.9 Å². The third-order valence-electron chi connectivity index (χ3n) is 2.49. The molecule has 0 aliphatic heterocycles. The van der Waals surface area contributed by atoms with Crippen LogP contribution in [0, 0.1) is 6.92 Å². The van der Waals surface area contributed by atoms with Gasteiger partial charge in [-0.15, -0.1) is 0 Å². The van der Waals surface area contributed by atoms with E-state index in [1.54, 1.807) is 6.33 Å². The van der Waals surface area contributed by atoms with Crippen molar-refractivity contribution in [1.82, 2.24) is 9.97 Å². The largest absolute Gasteiger partial charge is 0.330 e. The van der Waals surface area contributed by atoms with Gasteiger partial charge in [0.2, 0.25) is 0 Å². The molecule has 0 saturated carbocycles. The summed E-state index contributed by atoms with van der Waals surface area (Å²) in [4.78, 5) is 8.58. The Morgan fingerprint density at radius 2 is 2.13 bits per heavy atom. The van der Waals surface area contributed by atoms with Gasteiger partial charge in [-0.2, -0.15) is 0 Å². The predicted molar refractivity (Wildman–Crippen MR) is 61.7 cm³/mol. The van der Waals surface area contributed by atoms with Crippen LogP contribution in [-0.2, 0) is 6.42 Å². The second-order valence-corrected chi connectivity index (χ2v) is 3.73. The van der Waals surface area contributed by atoms with Gasteiger partial charge in [0.25, 0.3) is 0 Å². The lowest BCUT2D eigenvalue weighted by Gasteiger charge is -2.04. The Balaban J connectivity index is 2.46. The Morgan fingerprint density at radius 3 is 2.93 bits per heavy atom. The normalized spacial score (nSPS) is 10.8. The standard InChI is InChI=1S/C12H15N3/c1-9-4-5-10-11(3-2-6-13)14-8-15-12(10)7-9/h4-5,7-8H,2-3,6,13H2,1H3. The molecule has 15 heavy (non-hydrogen) atoms. The highest BCUT2D eigenvalue weighted by atomic mass is 14.8. The van der Waals surface area contributed by atoms with Crippen molar-refractivity contribution < 1.29 is 0 Å². The van der Waals surface area contributed by atoms with Crippen molar-refractivity contribution in [2.24, 2.45) is 5.73 Å². The highest BCUT2D eigenvalue weighted by molar-refractivity contribution is 5.81. The number of benzene rings is 1. The van der Waals surface area contributed by atoms with Gasteiger partial charge < -0.3 is 5.73 Å². The molecule has 0 aliphatic rings. The fraction of sp³-hybridized carbons (Fsp3) is 0.333. The third kappa shape index (κ3) is 2.13. The lowest BCUT2D eigenvalue weighted by molar-refractivity contribution is 0.814. The van der Waals surface area contributed by atoms with Crippen molar-refractivity contribution in [1.29, 1.82) is 0 Å². The molecule has 2 N–H and O–H groups in total. The number of rotatable bonds is 3. The zero-order valence-electron chi connectivity index (χ0n) is 8.90. The maximum Gasteiger partial charge on any atom is 0.116 e. The van der Waals surface area contributed by atoms with Crippen molar-refractivity contribution in [3.8, 4) is 0 Å². The van der Waals surface area contributed by atoms with E-state index < -0.39 is 0 Å². The molecule has 0 bridgehead atoms. The van der Waals surface area contributed by atoms with Crippen molar-refractivity contribution in [2.75, 3.05) is 6.54 Å².